The summed E-state index contributed by atoms with van der Waals surface area (Å²) in [5.41, 5.74) is 4.96. The Morgan fingerprint density at radius 2 is 1.89 bits per heavy atom. The molecule has 2 heterocycles. The van der Waals surface area contributed by atoms with Crippen LogP contribution >= 0.6 is 0 Å². The molecule has 2 aromatic rings. The van der Waals surface area contributed by atoms with E-state index in [1.807, 2.05) is 37.3 Å². The zero-order valence-corrected chi connectivity index (χ0v) is 21.6. The first-order chi connectivity index (χ1) is 18.1. The largest absolute Gasteiger partial charge is 0.468 e. The van der Waals surface area contributed by atoms with Gasteiger partial charge in [-0.25, -0.2) is 4.99 Å². The van der Waals surface area contributed by atoms with E-state index in [4.69, 9.17) is 4.74 Å². The number of nitrogens with zero attached hydrogens (tertiary/aromatic N) is 1. The van der Waals surface area contributed by atoms with Crippen molar-refractivity contribution in [1.82, 2.24) is 4.90 Å². The van der Waals surface area contributed by atoms with Gasteiger partial charge in [0, 0.05) is 41.9 Å². The summed E-state index contributed by atoms with van der Waals surface area (Å²) in [7, 11) is 0. The van der Waals surface area contributed by atoms with Crippen molar-refractivity contribution in [1.29, 1.82) is 0 Å². The Morgan fingerprint density at radius 3 is 2.68 bits per heavy atom. The zero-order chi connectivity index (χ0) is 25.5. The molecule has 2 aliphatic carbocycles. The van der Waals surface area contributed by atoms with Crippen molar-refractivity contribution < 1.29 is 19.3 Å². The number of ketones is 2. The highest BCUT2D eigenvalue weighted by molar-refractivity contribution is 6.32. The van der Waals surface area contributed by atoms with E-state index in [9.17, 15) is 9.59 Å². The monoisotopic (exact) mass is 496 g/mol. The molecule has 0 bridgehead atoms. The molecule has 0 spiro atoms. The summed E-state index contributed by atoms with van der Waals surface area (Å²) >= 11 is 0. The number of hydrogen-bond donors (Lipinski definition) is 2. The molecular weight excluding hydrogens is 462 g/mol. The van der Waals surface area contributed by atoms with Gasteiger partial charge in [-0.05, 0) is 45.2 Å². The highest BCUT2D eigenvalue weighted by Gasteiger charge is 2.41. The van der Waals surface area contributed by atoms with Gasteiger partial charge in [0.2, 0.25) is 17.6 Å². The van der Waals surface area contributed by atoms with E-state index < -0.39 is 0 Å². The van der Waals surface area contributed by atoms with E-state index in [1.54, 1.807) is 18.2 Å². The molecule has 190 valence electrons. The number of allylic oxidation sites excluding steroid dienone is 2. The third kappa shape index (κ3) is 4.13. The third-order valence-corrected chi connectivity index (χ3v) is 8.17. The number of anilines is 1. The molecule has 0 amide bonds. The van der Waals surface area contributed by atoms with Crippen molar-refractivity contribution in [2.75, 3.05) is 25.0 Å². The number of fused-ring (bicyclic) bond motifs is 5. The number of nitrogens with one attached hydrogen (secondary N) is 2. The zero-order valence-electron chi connectivity index (χ0n) is 21.6. The molecule has 1 fully saturated rings. The van der Waals surface area contributed by atoms with E-state index in [0.29, 0.717) is 45.4 Å². The van der Waals surface area contributed by atoms with Crippen molar-refractivity contribution in [2.24, 2.45) is 0 Å². The number of benzene rings is 2. The van der Waals surface area contributed by atoms with Crippen LogP contribution in [-0.4, -0.2) is 54.0 Å². The maximum atomic E-state index is 13.8. The SMILES string of the molecule is CC[C@H]1CCCCN1CCCNc1cc2c(c3c1C(=O)c1ccccc1C3=O)[NH+]=C1C(C)=CC=CC1O2. The first kappa shape index (κ1) is 23.9. The molecule has 2 atom stereocenters. The van der Waals surface area contributed by atoms with Crippen LogP contribution in [0.15, 0.2) is 54.1 Å². The van der Waals surface area contributed by atoms with Crippen LogP contribution in [0.2, 0.25) is 0 Å². The maximum Gasteiger partial charge on any atom is 0.258 e. The van der Waals surface area contributed by atoms with E-state index >= 15 is 0 Å². The second-order valence-corrected chi connectivity index (χ2v) is 10.4. The fourth-order valence-electron chi connectivity index (χ4n) is 6.20. The normalized spacial score (nSPS) is 22.2. The van der Waals surface area contributed by atoms with Gasteiger partial charge in [0.15, 0.2) is 11.5 Å². The Balaban J connectivity index is 1.35. The lowest BCUT2D eigenvalue weighted by atomic mass is 9.81. The van der Waals surface area contributed by atoms with Crippen LogP contribution in [0, 0.1) is 0 Å². The minimum Gasteiger partial charge on any atom is -0.468 e. The number of rotatable bonds is 6. The second-order valence-electron chi connectivity index (χ2n) is 10.4. The summed E-state index contributed by atoms with van der Waals surface area (Å²) in [6.07, 6.45) is 11.8. The average Bonchev–Trinajstić information content (AvgIpc) is 2.93. The first-order valence-electron chi connectivity index (χ1n) is 13.6. The van der Waals surface area contributed by atoms with Crippen molar-refractivity contribution in [3.63, 3.8) is 0 Å². The number of likely N-dealkylation sites (tertiary alicyclic amines) is 1. The molecule has 0 aromatic heterocycles. The van der Waals surface area contributed by atoms with Gasteiger partial charge in [0.25, 0.3) is 5.69 Å². The third-order valence-electron chi connectivity index (χ3n) is 8.17. The summed E-state index contributed by atoms with van der Waals surface area (Å²) in [6, 6.07) is 9.67. The van der Waals surface area contributed by atoms with Gasteiger partial charge in [-0.1, -0.05) is 49.8 Å². The molecule has 2 N–H and O–H groups in total. The summed E-state index contributed by atoms with van der Waals surface area (Å²) in [5, 5.41) is 3.51. The van der Waals surface area contributed by atoms with E-state index in [1.165, 1.54) is 25.7 Å². The smallest absolute Gasteiger partial charge is 0.258 e. The van der Waals surface area contributed by atoms with Crippen LogP contribution < -0.4 is 15.0 Å². The number of carbonyl (C=O) groups is 2. The summed E-state index contributed by atoms with van der Waals surface area (Å²) < 4.78 is 6.38. The molecule has 2 aliphatic heterocycles. The van der Waals surface area contributed by atoms with E-state index in [-0.39, 0.29) is 17.7 Å². The summed E-state index contributed by atoms with van der Waals surface area (Å²) in [4.78, 5) is 33.7. The first-order valence-corrected chi connectivity index (χ1v) is 13.6. The lowest BCUT2D eigenvalue weighted by molar-refractivity contribution is -0.363. The highest BCUT2D eigenvalue weighted by Crippen LogP contribution is 2.41. The van der Waals surface area contributed by atoms with Crippen LogP contribution in [0.3, 0.4) is 0 Å². The molecule has 37 heavy (non-hydrogen) atoms. The molecule has 4 aliphatic rings. The maximum absolute atomic E-state index is 13.8. The fourth-order valence-corrected chi connectivity index (χ4v) is 6.20. The number of piperidine rings is 1. The summed E-state index contributed by atoms with van der Waals surface area (Å²) in [6.45, 7) is 7.21. The Bertz CT molecular complexity index is 1370. The minimum atomic E-state index is -0.241. The Hall–Kier alpha value is -3.51. The molecule has 6 heteroatoms. The fraction of sp³-hybridized carbons (Fsp3) is 0.387. The Kier molecular flexibility index (Phi) is 6.29. The van der Waals surface area contributed by atoms with Gasteiger partial charge < -0.3 is 15.0 Å². The number of ether oxygens (including phenoxy) is 1. The Morgan fingerprint density at radius 1 is 1.11 bits per heavy atom. The highest BCUT2D eigenvalue weighted by atomic mass is 16.5. The lowest BCUT2D eigenvalue weighted by Gasteiger charge is -2.35. The molecular formula is C31H34N3O3+. The number of hydrogen-bond acceptors (Lipinski definition) is 5. The van der Waals surface area contributed by atoms with Crippen molar-refractivity contribution >= 4 is 28.7 Å². The van der Waals surface area contributed by atoms with Gasteiger partial charge in [0.1, 0.15) is 5.56 Å². The minimum absolute atomic E-state index is 0.123. The van der Waals surface area contributed by atoms with Gasteiger partial charge >= 0.3 is 0 Å². The van der Waals surface area contributed by atoms with Gasteiger partial charge in [-0.3, -0.25) is 9.59 Å². The van der Waals surface area contributed by atoms with Crippen molar-refractivity contribution in [2.45, 2.75) is 58.1 Å². The van der Waals surface area contributed by atoms with E-state index in [2.05, 4.69) is 22.1 Å². The summed E-state index contributed by atoms with van der Waals surface area (Å²) in [5.74, 6) is 0.326. The van der Waals surface area contributed by atoms with Crippen LogP contribution in [0.25, 0.3) is 0 Å². The topological polar surface area (TPSA) is 72.6 Å². The van der Waals surface area contributed by atoms with Crippen LogP contribution in [0.5, 0.6) is 5.75 Å². The average molecular weight is 497 g/mol. The molecule has 6 rings (SSSR count). The van der Waals surface area contributed by atoms with Crippen LogP contribution in [0.4, 0.5) is 11.4 Å². The van der Waals surface area contributed by atoms with Crippen LogP contribution in [-0.2, 0) is 0 Å². The molecule has 1 unspecified atom stereocenters. The molecule has 1 saturated heterocycles. The van der Waals surface area contributed by atoms with E-state index in [0.717, 1.165) is 37.3 Å². The van der Waals surface area contributed by atoms with Crippen LogP contribution in [0.1, 0.15) is 77.8 Å². The Labute approximate surface area is 218 Å². The van der Waals surface area contributed by atoms with Crippen molar-refractivity contribution in [3.8, 4) is 5.75 Å². The standard InChI is InChI=1S/C31H33N3O3/c1-3-20-11-6-7-16-34(20)17-9-15-32-23-18-25-29(33-28-19(2)10-8-14-24(28)37-25)27-26(23)30(35)21-12-4-5-13-22(21)31(27)36/h4-5,8,10,12-14,18,20,24,32H,3,6-7,9,11,15-17H2,1-2H3/p+1/t20-,24?/m0/s1. The molecule has 6 nitrogen and oxygen atoms in total. The predicted molar refractivity (Wildman–Crippen MR) is 145 cm³/mol. The lowest BCUT2D eigenvalue weighted by Crippen LogP contribution is -2.73. The number of carbonyl (C=O) groups excluding carboxylic acids is 2. The molecule has 0 saturated carbocycles. The van der Waals surface area contributed by atoms with Crippen molar-refractivity contribution in [3.05, 3.63) is 76.4 Å². The predicted octanol–water partition coefficient (Wildman–Crippen LogP) is 3.96. The van der Waals surface area contributed by atoms with Gasteiger partial charge in [-0.2, -0.15) is 0 Å². The van der Waals surface area contributed by atoms with Gasteiger partial charge in [-0.15, -0.1) is 0 Å². The second kappa shape index (κ2) is 9.75. The molecule has 2 aromatic carbocycles. The quantitative estimate of drug-likeness (QED) is 0.506. The van der Waals surface area contributed by atoms with Gasteiger partial charge in [0.05, 0.1) is 11.3 Å². The molecule has 0 radical (unpaired) electrons.